The van der Waals surface area contributed by atoms with Gasteiger partial charge >= 0.3 is 5.97 Å². The first-order valence-electron chi connectivity index (χ1n) is 16.7. The van der Waals surface area contributed by atoms with Gasteiger partial charge in [-0.3, -0.25) is 4.79 Å². The van der Waals surface area contributed by atoms with Crippen LogP contribution in [0.5, 0.6) is 11.5 Å². The molecule has 6 nitrogen and oxygen atoms in total. The van der Waals surface area contributed by atoms with Crippen LogP contribution in [0.1, 0.15) is 98.7 Å². The summed E-state index contributed by atoms with van der Waals surface area (Å²) >= 11 is 1.60. The van der Waals surface area contributed by atoms with Gasteiger partial charge in [0.2, 0.25) is 0 Å². The molecule has 0 bridgehead atoms. The number of hydrogen-bond acceptors (Lipinski definition) is 6. The summed E-state index contributed by atoms with van der Waals surface area (Å²) in [4.78, 5) is 33.6. The van der Waals surface area contributed by atoms with Crippen LogP contribution in [-0.4, -0.2) is 30.0 Å². The van der Waals surface area contributed by atoms with E-state index in [9.17, 15) is 9.59 Å². The van der Waals surface area contributed by atoms with E-state index < -0.39 is 17.9 Å². The van der Waals surface area contributed by atoms with Gasteiger partial charge in [0.15, 0.2) is 0 Å². The van der Waals surface area contributed by atoms with Crippen LogP contribution >= 0.6 is 11.3 Å². The van der Waals surface area contributed by atoms with E-state index in [1.54, 1.807) is 17.4 Å². The summed E-state index contributed by atoms with van der Waals surface area (Å²) in [5.74, 6) is 1.16. The fourth-order valence-corrected chi connectivity index (χ4v) is 6.93. The molecular weight excluding hydrogens is 605 g/mol. The molecule has 1 aliphatic carbocycles. The van der Waals surface area contributed by atoms with Gasteiger partial charge in [0.1, 0.15) is 23.2 Å². The summed E-state index contributed by atoms with van der Waals surface area (Å²) < 4.78 is 11.4. The van der Waals surface area contributed by atoms with Crippen LogP contribution in [0.25, 0.3) is 16.8 Å². The summed E-state index contributed by atoms with van der Waals surface area (Å²) in [6, 6.07) is 19.2. The average Bonchev–Trinajstić information content (AvgIpc) is 3.71. The van der Waals surface area contributed by atoms with Gasteiger partial charge < -0.3 is 14.8 Å². The lowest BCUT2D eigenvalue weighted by Gasteiger charge is -2.19. The Hall–Kier alpha value is -3.97. The molecule has 0 aliphatic heterocycles. The standard InChI is InChI=1S/C40H48N2O4S/c1-39(2,3)21-20-31-18-19-32(47-31)25-36(38(44)45-7)42-37(43)35-23-27-12-15-30(46-29-16-13-28(14-17-29)40(4,5)6)24-33(27)34(41-35)22-26-10-8-9-11-26/h12-21,23-24,26,36H,8-11,22,25H2,1-7H3,(H,42,43)/b21-20+. The highest BCUT2D eigenvalue weighted by Gasteiger charge is 2.26. The number of aromatic nitrogens is 1. The van der Waals surface area contributed by atoms with E-state index >= 15 is 0 Å². The average molecular weight is 653 g/mol. The molecule has 4 aromatic rings. The first-order chi connectivity index (χ1) is 22.3. The molecule has 1 unspecified atom stereocenters. The Balaban J connectivity index is 1.39. The molecule has 1 saturated carbocycles. The van der Waals surface area contributed by atoms with Crippen molar-refractivity contribution in [2.45, 2.75) is 91.5 Å². The highest BCUT2D eigenvalue weighted by atomic mass is 32.1. The van der Waals surface area contributed by atoms with Crippen LogP contribution in [0, 0.1) is 11.3 Å². The van der Waals surface area contributed by atoms with Crippen molar-refractivity contribution in [1.82, 2.24) is 10.3 Å². The highest BCUT2D eigenvalue weighted by Crippen LogP contribution is 2.33. The maximum absolute atomic E-state index is 13.7. The van der Waals surface area contributed by atoms with E-state index in [1.165, 1.54) is 25.5 Å². The number of thiophene rings is 1. The van der Waals surface area contributed by atoms with Crippen LogP contribution < -0.4 is 10.1 Å². The van der Waals surface area contributed by atoms with E-state index in [-0.39, 0.29) is 10.8 Å². The molecule has 2 aromatic heterocycles. The first-order valence-corrected chi connectivity index (χ1v) is 17.5. The van der Waals surface area contributed by atoms with E-state index in [4.69, 9.17) is 14.5 Å². The molecule has 2 aromatic carbocycles. The summed E-state index contributed by atoms with van der Waals surface area (Å²) in [6.45, 7) is 13.0. The Labute approximate surface area is 283 Å². The van der Waals surface area contributed by atoms with Gasteiger partial charge in [-0.25, -0.2) is 9.78 Å². The second-order valence-corrected chi connectivity index (χ2v) is 16.0. The summed E-state index contributed by atoms with van der Waals surface area (Å²) in [6.07, 6.45) is 10.2. The monoisotopic (exact) mass is 652 g/mol. The van der Waals surface area contributed by atoms with Gasteiger partial charge in [0.05, 0.1) is 7.11 Å². The quantitative estimate of drug-likeness (QED) is 0.173. The van der Waals surface area contributed by atoms with Crippen molar-refractivity contribution in [3.8, 4) is 11.5 Å². The smallest absolute Gasteiger partial charge is 0.328 e. The van der Waals surface area contributed by atoms with Crippen LogP contribution in [0.15, 0.2) is 66.7 Å². The van der Waals surface area contributed by atoms with Crippen LogP contribution in [0.2, 0.25) is 0 Å². The van der Waals surface area contributed by atoms with Crippen molar-refractivity contribution < 1.29 is 19.1 Å². The summed E-state index contributed by atoms with van der Waals surface area (Å²) in [7, 11) is 1.35. The zero-order chi connectivity index (χ0) is 33.8. The topological polar surface area (TPSA) is 77.5 Å². The Morgan fingerprint density at radius 3 is 2.32 bits per heavy atom. The van der Waals surface area contributed by atoms with Crippen molar-refractivity contribution in [2.75, 3.05) is 7.11 Å². The number of rotatable bonds is 10. The molecule has 7 heteroatoms. The van der Waals surface area contributed by atoms with E-state index in [2.05, 4.69) is 71.1 Å². The number of allylic oxidation sites excluding steroid dienone is 1. The molecular formula is C40H48N2O4S. The van der Waals surface area contributed by atoms with Crippen LogP contribution in [0.4, 0.5) is 0 Å². The van der Waals surface area contributed by atoms with E-state index in [0.29, 0.717) is 18.0 Å². The predicted octanol–water partition coefficient (Wildman–Crippen LogP) is 9.69. The lowest BCUT2D eigenvalue weighted by molar-refractivity contribution is -0.142. The minimum atomic E-state index is -0.832. The minimum Gasteiger partial charge on any atom is -0.467 e. The Bertz CT molecular complexity index is 1730. The number of amides is 1. The predicted molar refractivity (Wildman–Crippen MR) is 192 cm³/mol. The number of carbonyl (C=O) groups is 2. The first kappa shape index (κ1) is 34.4. The number of pyridine rings is 1. The van der Waals surface area contributed by atoms with Crippen molar-refractivity contribution in [3.05, 3.63) is 93.4 Å². The number of nitrogens with one attached hydrogen (secondary N) is 1. The summed E-state index contributed by atoms with van der Waals surface area (Å²) in [5.41, 5.74) is 2.57. The van der Waals surface area contributed by atoms with Crippen molar-refractivity contribution >= 4 is 40.1 Å². The third-order valence-corrected chi connectivity index (χ3v) is 9.73. The number of ether oxygens (including phenoxy) is 2. The number of esters is 1. The zero-order valence-electron chi connectivity index (χ0n) is 28.8. The third kappa shape index (κ3) is 9.32. The molecule has 1 N–H and O–H groups in total. The van der Waals surface area contributed by atoms with Gasteiger partial charge in [0.25, 0.3) is 5.91 Å². The highest BCUT2D eigenvalue weighted by molar-refractivity contribution is 7.12. The number of fused-ring (bicyclic) bond motifs is 1. The normalized spacial score (nSPS) is 14.9. The number of hydrogen-bond donors (Lipinski definition) is 1. The Morgan fingerprint density at radius 2 is 1.66 bits per heavy atom. The van der Waals surface area contributed by atoms with Crippen molar-refractivity contribution in [3.63, 3.8) is 0 Å². The second-order valence-electron chi connectivity index (χ2n) is 14.8. The molecule has 2 heterocycles. The third-order valence-electron chi connectivity index (χ3n) is 8.66. The molecule has 47 heavy (non-hydrogen) atoms. The zero-order valence-corrected chi connectivity index (χ0v) is 29.6. The molecule has 0 radical (unpaired) electrons. The molecule has 0 saturated heterocycles. The maximum Gasteiger partial charge on any atom is 0.328 e. The molecule has 1 amide bonds. The number of carbonyl (C=O) groups excluding carboxylic acids is 2. The van der Waals surface area contributed by atoms with Gasteiger partial charge in [-0.05, 0) is 82.7 Å². The van der Waals surface area contributed by atoms with Gasteiger partial charge in [-0.1, -0.05) is 91.5 Å². The van der Waals surface area contributed by atoms with E-state index in [0.717, 1.165) is 57.0 Å². The van der Waals surface area contributed by atoms with E-state index in [1.807, 2.05) is 42.5 Å². The SMILES string of the molecule is COC(=O)C(Cc1ccc(/C=C/C(C)(C)C)s1)NC(=O)c1cc2ccc(Oc3ccc(C(C)(C)C)cc3)cc2c(CC2CCCC2)n1. The molecule has 248 valence electrons. The van der Waals surface area contributed by atoms with Crippen LogP contribution in [-0.2, 0) is 27.8 Å². The molecule has 1 fully saturated rings. The maximum atomic E-state index is 13.7. The van der Waals surface area contributed by atoms with Crippen molar-refractivity contribution in [1.29, 1.82) is 0 Å². The fraction of sp³-hybridized carbons (Fsp3) is 0.425. The molecule has 0 spiro atoms. The minimum absolute atomic E-state index is 0.0696. The van der Waals surface area contributed by atoms with Gasteiger partial charge in [-0.15, -0.1) is 11.3 Å². The van der Waals surface area contributed by atoms with Gasteiger partial charge in [-0.2, -0.15) is 0 Å². The Kier molecular flexibility index (Phi) is 10.5. The van der Waals surface area contributed by atoms with Crippen molar-refractivity contribution in [2.24, 2.45) is 11.3 Å². The lowest BCUT2D eigenvalue weighted by atomic mass is 9.87. The Morgan fingerprint density at radius 1 is 0.957 bits per heavy atom. The van der Waals surface area contributed by atoms with Crippen LogP contribution in [0.3, 0.4) is 0 Å². The molecule has 1 atom stereocenters. The van der Waals surface area contributed by atoms with Gasteiger partial charge in [0, 0.05) is 27.3 Å². The lowest BCUT2D eigenvalue weighted by Crippen LogP contribution is -2.43. The molecule has 5 rings (SSSR count). The number of methoxy groups -OCH3 is 1. The second kappa shape index (κ2) is 14.4. The molecule has 1 aliphatic rings. The number of nitrogens with zero attached hydrogens (tertiary/aromatic N) is 1. The largest absolute Gasteiger partial charge is 0.467 e. The fourth-order valence-electron chi connectivity index (χ4n) is 5.97. The summed E-state index contributed by atoms with van der Waals surface area (Å²) in [5, 5.41) is 4.83. The number of benzene rings is 2.